The molecule has 0 fully saturated rings. The molecule has 0 amide bonds. The molecule has 0 aromatic heterocycles. The Bertz CT molecular complexity index is 610. The van der Waals surface area contributed by atoms with Crippen molar-refractivity contribution >= 4 is 23.4 Å². The van der Waals surface area contributed by atoms with Gasteiger partial charge >= 0.3 is 0 Å². The topological polar surface area (TPSA) is 12.0 Å². The third kappa shape index (κ3) is 4.77. The molecule has 0 atom stereocenters. The van der Waals surface area contributed by atoms with E-state index in [-0.39, 0.29) is 0 Å². The summed E-state index contributed by atoms with van der Waals surface area (Å²) in [4.78, 5) is 2.34. The van der Waals surface area contributed by atoms with Gasteiger partial charge in [-0.25, -0.2) is 0 Å². The second-order valence-electron chi connectivity index (χ2n) is 5.29. The molecule has 1 N–H and O–H groups in total. The van der Waals surface area contributed by atoms with E-state index in [4.69, 9.17) is 11.6 Å². The highest BCUT2D eigenvalue weighted by Crippen LogP contribution is 2.34. The lowest BCUT2D eigenvalue weighted by atomic mass is 10.1. The van der Waals surface area contributed by atoms with Crippen molar-refractivity contribution in [1.82, 2.24) is 5.32 Å². The van der Waals surface area contributed by atoms with Crippen molar-refractivity contribution in [2.75, 3.05) is 6.54 Å². The van der Waals surface area contributed by atoms with Crippen molar-refractivity contribution < 1.29 is 0 Å². The zero-order chi connectivity index (χ0) is 15.2. The minimum atomic E-state index is 0.828. The molecule has 0 bridgehead atoms. The molecule has 0 aliphatic carbocycles. The Balaban J connectivity index is 2.08. The predicted molar refractivity (Wildman–Crippen MR) is 93.5 cm³/mol. The minimum absolute atomic E-state index is 0.828. The van der Waals surface area contributed by atoms with Crippen molar-refractivity contribution in [3.63, 3.8) is 0 Å². The summed E-state index contributed by atoms with van der Waals surface area (Å²) in [7, 11) is 0. The molecule has 112 valence electrons. The first kappa shape index (κ1) is 16.4. The van der Waals surface area contributed by atoms with Gasteiger partial charge in [0.05, 0.1) is 5.02 Å². The van der Waals surface area contributed by atoms with Crippen molar-refractivity contribution in [3.8, 4) is 0 Å². The van der Waals surface area contributed by atoms with E-state index in [2.05, 4.69) is 62.5 Å². The molecule has 2 aromatic carbocycles. The summed E-state index contributed by atoms with van der Waals surface area (Å²) < 4.78 is 0. The molecule has 0 aliphatic heterocycles. The molecule has 2 aromatic rings. The SMILES string of the molecule is CCCNCc1ccc(Sc2ccc(C)c(C)c2)c(Cl)c1. The lowest BCUT2D eigenvalue weighted by Gasteiger charge is -2.09. The van der Waals surface area contributed by atoms with Crippen molar-refractivity contribution in [2.45, 2.75) is 43.5 Å². The molecular formula is C18H22ClNS. The second-order valence-corrected chi connectivity index (χ2v) is 6.81. The van der Waals surface area contributed by atoms with Gasteiger partial charge in [0, 0.05) is 16.3 Å². The lowest BCUT2D eigenvalue weighted by Crippen LogP contribution is -2.13. The third-order valence-electron chi connectivity index (χ3n) is 3.46. The fourth-order valence-electron chi connectivity index (χ4n) is 2.05. The summed E-state index contributed by atoms with van der Waals surface area (Å²) >= 11 is 8.14. The quantitative estimate of drug-likeness (QED) is 0.695. The van der Waals surface area contributed by atoms with Crippen LogP contribution in [0.3, 0.4) is 0 Å². The number of halogens is 1. The van der Waals surface area contributed by atoms with Crippen LogP contribution < -0.4 is 5.32 Å². The number of hydrogen-bond donors (Lipinski definition) is 1. The highest BCUT2D eigenvalue weighted by molar-refractivity contribution is 7.99. The molecule has 0 unspecified atom stereocenters. The van der Waals surface area contributed by atoms with Gasteiger partial charge in [0.2, 0.25) is 0 Å². The maximum absolute atomic E-state index is 6.41. The van der Waals surface area contributed by atoms with Crippen LogP contribution >= 0.6 is 23.4 Å². The average Bonchev–Trinajstić information content (AvgIpc) is 2.46. The minimum Gasteiger partial charge on any atom is -0.313 e. The van der Waals surface area contributed by atoms with Crippen LogP contribution in [-0.2, 0) is 6.54 Å². The van der Waals surface area contributed by atoms with E-state index in [1.54, 1.807) is 11.8 Å². The summed E-state index contributed by atoms with van der Waals surface area (Å²) in [5.74, 6) is 0. The van der Waals surface area contributed by atoms with Crippen LogP contribution in [0.25, 0.3) is 0 Å². The Morgan fingerprint density at radius 2 is 1.86 bits per heavy atom. The van der Waals surface area contributed by atoms with Gasteiger partial charge in [0.25, 0.3) is 0 Å². The van der Waals surface area contributed by atoms with Gasteiger partial charge in [-0.15, -0.1) is 0 Å². The molecule has 2 rings (SSSR count). The predicted octanol–water partition coefficient (Wildman–Crippen LogP) is 5.61. The Hall–Kier alpha value is -0.960. The number of aryl methyl sites for hydroxylation is 2. The van der Waals surface area contributed by atoms with E-state index in [1.807, 2.05) is 0 Å². The number of rotatable bonds is 6. The number of nitrogens with one attached hydrogen (secondary N) is 1. The molecule has 1 nitrogen and oxygen atoms in total. The summed E-state index contributed by atoms with van der Waals surface area (Å²) in [5, 5.41) is 4.22. The van der Waals surface area contributed by atoms with Crippen LogP contribution in [0.1, 0.15) is 30.0 Å². The standard InChI is InChI=1S/C18H22ClNS/c1-4-9-20-12-15-6-8-18(17(19)11-15)21-16-7-5-13(2)14(3)10-16/h5-8,10-11,20H,4,9,12H2,1-3H3. The Morgan fingerprint density at radius 3 is 2.52 bits per heavy atom. The Labute approximate surface area is 137 Å². The first-order valence-corrected chi connectivity index (χ1v) is 8.54. The van der Waals surface area contributed by atoms with Crippen LogP contribution in [0.4, 0.5) is 0 Å². The van der Waals surface area contributed by atoms with Crippen molar-refractivity contribution in [2.24, 2.45) is 0 Å². The molecular weight excluding hydrogens is 298 g/mol. The monoisotopic (exact) mass is 319 g/mol. The molecule has 0 aliphatic rings. The van der Waals surface area contributed by atoms with Crippen LogP contribution in [0.2, 0.25) is 5.02 Å². The second kappa shape index (κ2) is 7.88. The zero-order valence-corrected chi connectivity index (χ0v) is 14.4. The lowest BCUT2D eigenvalue weighted by molar-refractivity contribution is 0.675. The van der Waals surface area contributed by atoms with E-state index >= 15 is 0 Å². The smallest absolute Gasteiger partial charge is 0.0548 e. The fraction of sp³-hybridized carbons (Fsp3) is 0.333. The molecule has 3 heteroatoms. The first-order valence-electron chi connectivity index (χ1n) is 7.34. The summed E-state index contributed by atoms with van der Waals surface area (Å²) in [6.45, 7) is 8.36. The molecule has 0 heterocycles. The van der Waals surface area contributed by atoms with Gasteiger partial charge < -0.3 is 5.32 Å². The normalized spacial score (nSPS) is 10.9. The molecule has 0 saturated carbocycles. The third-order valence-corrected chi connectivity index (χ3v) is 4.95. The largest absolute Gasteiger partial charge is 0.313 e. The van der Waals surface area contributed by atoms with Gasteiger partial charge in [-0.05, 0) is 67.8 Å². The van der Waals surface area contributed by atoms with Gasteiger partial charge in [0.15, 0.2) is 0 Å². The summed E-state index contributed by atoms with van der Waals surface area (Å²) in [5.41, 5.74) is 3.87. The first-order chi connectivity index (χ1) is 10.1. The fourth-order valence-corrected chi connectivity index (χ4v) is 3.29. The van der Waals surface area contributed by atoms with Crippen molar-refractivity contribution in [3.05, 3.63) is 58.1 Å². The number of benzene rings is 2. The van der Waals surface area contributed by atoms with Crippen LogP contribution in [0.15, 0.2) is 46.2 Å². The molecule has 21 heavy (non-hydrogen) atoms. The average molecular weight is 320 g/mol. The zero-order valence-electron chi connectivity index (χ0n) is 12.9. The van der Waals surface area contributed by atoms with Crippen LogP contribution in [0, 0.1) is 13.8 Å². The van der Waals surface area contributed by atoms with Gasteiger partial charge in [0.1, 0.15) is 0 Å². The maximum atomic E-state index is 6.41. The molecule has 0 radical (unpaired) electrons. The van der Waals surface area contributed by atoms with Crippen LogP contribution in [0.5, 0.6) is 0 Å². The van der Waals surface area contributed by atoms with E-state index < -0.39 is 0 Å². The van der Waals surface area contributed by atoms with E-state index in [1.165, 1.54) is 21.6 Å². The highest BCUT2D eigenvalue weighted by Gasteiger charge is 2.05. The van der Waals surface area contributed by atoms with Crippen LogP contribution in [-0.4, -0.2) is 6.54 Å². The van der Waals surface area contributed by atoms with Gasteiger partial charge in [-0.2, -0.15) is 0 Å². The van der Waals surface area contributed by atoms with E-state index in [0.717, 1.165) is 29.4 Å². The Morgan fingerprint density at radius 1 is 1.05 bits per heavy atom. The van der Waals surface area contributed by atoms with Crippen molar-refractivity contribution in [1.29, 1.82) is 0 Å². The van der Waals surface area contributed by atoms with Gasteiger partial charge in [-0.3, -0.25) is 0 Å². The maximum Gasteiger partial charge on any atom is 0.0548 e. The van der Waals surface area contributed by atoms with E-state index in [9.17, 15) is 0 Å². The number of hydrogen-bond acceptors (Lipinski definition) is 2. The highest BCUT2D eigenvalue weighted by atomic mass is 35.5. The molecule has 0 spiro atoms. The van der Waals surface area contributed by atoms with E-state index in [0.29, 0.717) is 0 Å². The Kier molecular flexibility index (Phi) is 6.16. The van der Waals surface area contributed by atoms with Gasteiger partial charge in [-0.1, -0.05) is 42.4 Å². The summed E-state index contributed by atoms with van der Waals surface area (Å²) in [6, 6.07) is 12.9. The summed E-state index contributed by atoms with van der Waals surface area (Å²) in [6.07, 6.45) is 1.15. The molecule has 0 saturated heterocycles.